The fraction of sp³-hybridized carbons (Fsp3) is 0.222. The monoisotopic (exact) mass is 543 g/mol. The number of halogens is 3. The van der Waals surface area contributed by atoms with Gasteiger partial charge in [0.25, 0.3) is 5.91 Å². The fourth-order valence-electron chi connectivity index (χ4n) is 2.80. The molecule has 2 aromatic rings. The van der Waals surface area contributed by atoms with Gasteiger partial charge in [-0.3, -0.25) is 15.0 Å². The average Bonchev–Trinajstić information content (AvgIpc) is 3.15. The van der Waals surface area contributed by atoms with Crippen molar-refractivity contribution in [3.8, 4) is 0 Å². The van der Waals surface area contributed by atoms with Gasteiger partial charge >= 0.3 is 6.09 Å². The molecule has 11 nitrogen and oxygen atoms in total. The predicted octanol–water partition coefficient (Wildman–Crippen LogP) is 3.02. The maximum absolute atomic E-state index is 13.2. The molecule has 1 unspecified atom stereocenters. The Balaban J connectivity index is 1.88. The number of hydrogen-bond donors (Lipinski definition) is 3. The Labute approximate surface area is 200 Å². The zero-order valence-electron chi connectivity index (χ0n) is 16.6. The van der Waals surface area contributed by atoms with E-state index in [1.807, 2.05) is 5.43 Å². The molecule has 1 aliphatic rings. The van der Waals surface area contributed by atoms with Crippen molar-refractivity contribution in [3.63, 3.8) is 0 Å². The van der Waals surface area contributed by atoms with E-state index in [1.165, 1.54) is 17.3 Å². The number of hydrogen-bond acceptors (Lipinski definition) is 8. The summed E-state index contributed by atoms with van der Waals surface area (Å²) in [5, 5.41) is 8.72. The van der Waals surface area contributed by atoms with Gasteiger partial charge in [0, 0.05) is 12.6 Å². The number of amides is 3. The highest BCUT2D eigenvalue weighted by Gasteiger charge is 2.35. The summed E-state index contributed by atoms with van der Waals surface area (Å²) < 4.78 is 4.92. The lowest BCUT2D eigenvalue weighted by atomic mass is 10.1. The van der Waals surface area contributed by atoms with Gasteiger partial charge in [0.15, 0.2) is 11.5 Å². The van der Waals surface area contributed by atoms with Crippen LogP contribution in [0.4, 0.5) is 16.3 Å². The zero-order chi connectivity index (χ0) is 23.4. The first-order valence-electron chi connectivity index (χ1n) is 8.96. The van der Waals surface area contributed by atoms with E-state index in [0.717, 1.165) is 7.11 Å². The first kappa shape index (κ1) is 23.7. The Morgan fingerprint density at radius 2 is 2.03 bits per heavy atom. The number of pyridine rings is 2. The topological polar surface area (TPSA) is 138 Å². The third kappa shape index (κ3) is 5.26. The minimum absolute atomic E-state index is 0.0255. The highest BCUT2D eigenvalue weighted by atomic mass is 79.9. The molecule has 3 heterocycles. The number of hydrazine groups is 1. The molecule has 1 aliphatic heterocycles. The lowest BCUT2D eigenvalue weighted by molar-refractivity contribution is -0.117. The second-order valence-electron chi connectivity index (χ2n) is 6.40. The van der Waals surface area contributed by atoms with Crippen LogP contribution in [0.3, 0.4) is 0 Å². The summed E-state index contributed by atoms with van der Waals surface area (Å²) in [7, 11) is 1.14. The third-order valence-electron chi connectivity index (χ3n) is 4.24. The number of nitrogens with zero attached hydrogens (tertiary/aromatic N) is 4. The second-order valence-corrected chi connectivity index (χ2v) is 8.10. The number of aromatic nitrogens is 2. The van der Waals surface area contributed by atoms with Crippen molar-refractivity contribution in [2.45, 2.75) is 19.4 Å². The summed E-state index contributed by atoms with van der Waals surface area (Å²) in [5.74, 6) is -1.01. The second kappa shape index (κ2) is 10.1. The number of rotatable bonds is 4. The molecule has 0 bridgehead atoms. The van der Waals surface area contributed by atoms with Crippen molar-refractivity contribution in [1.82, 2.24) is 20.8 Å². The van der Waals surface area contributed by atoms with Gasteiger partial charge in [0.2, 0.25) is 5.91 Å². The van der Waals surface area contributed by atoms with Crippen LogP contribution >= 0.6 is 39.1 Å². The molecule has 3 rings (SSSR count). The van der Waals surface area contributed by atoms with E-state index in [-0.39, 0.29) is 23.0 Å². The smallest absolute Gasteiger partial charge is 0.425 e. The number of ether oxygens (including phenoxy) is 1. The number of nitrogens with one attached hydrogen (secondary N) is 3. The van der Waals surface area contributed by atoms with Gasteiger partial charge < -0.3 is 10.1 Å². The molecule has 0 fully saturated rings. The van der Waals surface area contributed by atoms with Gasteiger partial charge in [-0.15, -0.1) is 0 Å². The molecule has 0 aliphatic carbocycles. The van der Waals surface area contributed by atoms with Gasteiger partial charge in [0.05, 0.1) is 17.8 Å². The van der Waals surface area contributed by atoms with Crippen LogP contribution in [0.25, 0.3) is 0 Å². The van der Waals surface area contributed by atoms with Crippen LogP contribution in [0.2, 0.25) is 10.2 Å². The molecule has 0 spiro atoms. The SMILES string of the molecule is COC(=O)NNC(=O)c1nc(Cl)cc(C)c1NC(=O)C1CC(Br)=NN1c1ncccc1Cl. The Bertz CT molecular complexity index is 1110. The Morgan fingerprint density at radius 1 is 1.28 bits per heavy atom. The summed E-state index contributed by atoms with van der Waals surface area (Å²) in [4.78, 5) is 45.2. The zero-order valence-corrected chi connectivity index (χ0v) is 19.7. The largest absolute Gasteiger partial charge is 0.452 e. The number of hydrazone groups is 1. The summed E-state index contributed by atoms with van der Waals surface area (Å²) in [6, 6.07) is 3.96. The molecule has 168 valence electrons. The van der Waals surface area contributed by atoms with E-state index in [9.17, 15) is 14.4 Å². The fourth-order valence-corrected chi connectivity index (χ4v) is 3.73. The highest BCUT2D eigenvalue weighted by molar-refractivity contribution is 9.18. The molecule has 14 heteroatoms. The number of carbonyl (C=O) groups is 3. The van der Waals surface area contributed by atoms with Gasteiger partial charge in [-0.05, 0) is 46.6 Å². The summed E-state index contributed by atoms with van der Waals surface area (Å²) >= 11 is 15.5. The van der Waals surface area contributed by atoms with Crippen LogP contribution in [-0.4, -0.2) is 45.6 Å². The van der Waals surface area contributed by atoms with Crippen LogP contribution in [0.15, 0.2) is 29.5 Å². The van der Waals surface area contributed by atoms with E-state index in [2.05, 4.69) is 46.5 Å². The van der Waals surface area contributed by atoms with E-state index < -0.39 is 23.9 Å². The Hall–Kier alpha value is -2.96. The highest BCUT2D eigenvalue weighted by Crippen LogP contribution is 2.31. The van der Waals surface area contributed by atoms with E-state index in [0.29, 0.717) is 21.0 Å². The predicted molar refractivity (Wildman–Crippen MR) is 122 cm³/mol. The molecule has 0 aromatic carbocycles. The quantitative estimate of drug-likeness (QED) is 0.397. The van der Waals surface area contributed by atoms with Crippen molar-refractivity contribution >= 4 is 73.2 Å². The molecule has 32 heavy (non-hydrogen) atoms. The average molecular weight is 545 g/mol. The van der Waals surface area contributed by atoms with Gasteiger partial charge in [-0.2, -0.15) is 5.10 Å². The van der Waals surface area contributed by atoms with Gasteiger partial charge in [-0.25, -0.2) is 25.2 Å². The van der Waals surface area contributed by atoms with Gasteiger partial charge in [-0.1, -0.05) is 23.2 Å². The minimum atomic E-state index is -0.890. The lowest BCUT2D eigenvalue weighted by Gasteiger charge is -2.23. The van der Waals surface area contributed by atoms with Crippen molar-refractivity contribution in [3.05, 3.63) is 45.8 Å². The van der Waals surface area contributed by atoms with Crippen molar-refractivity contribution in [2.24, 2.45) is 5.10 Å². The number of aryl methyl sites for hydroxylation is 1. The van der Waals surface area contributed by atoms with Crippen LogP contribution < -0.4 is 21.2 Å². The molecule has 0 saturated heterocycles. The standard InChI is InChI=1S/C18H16BrCl2N7O4/c1-8-6-12(21)23-14(17(30)25-26-18(31)32-2)13(8)24-16(29)10-7-11(19)27-28(10)15-9(20)4-3-5-22-15/h3-6,10H,7H2,1-2H3,(H,24,29)(H,25,30)(H,26,31). The molecule has 3 amide bonds. The Morgan fingerprint density at radius 3 is 2.72 bits per heavy atom. The maximum atomic E-state index is 13.2. The van der Waals surface area contributed by atoms with Crippen LogP contribution in [0, 0.1) is 6.92 Å². The Kier molecular flexibility index (Phi) is 7.48. The number of carbonyl (C=O) groups excluding carboxylic acids is 3. The maximum Gasteiger partial charge on any atom is 0.425 e. The first-order chi connectivity index (χ1) is 15.2. The van der Waals surface area contributed by atoms with E-state index in [1.54, 1.807) is 19.1 Å². The first-order valence-corrected chi connectivity index (χ1v) is 10.5. The van der Waals surface area contributed by atoms with E-state index >= 15 is 0 Å². The lowest BCUT2D eigenvalue weighted by Crippen LogP contribution is -2.43. The molecule has 0 saturated carbocycles. The molecule has 1 atom stereocenters. The summed E-state index contributed by atoms with van der Waals surface area (Å²) in [6.45, 7) is 1.64. The summed E-state index contributed by atoms with van der Waals surface area (Å²) in [6.07, 6.45) is 0.880. The van der Waals surface area contributed by atoms with Gasteiger partial charge in [0.1, 0.15) is 15.8 Å². The van der Waals surface area contributed by atoms with Crippen molar-refractivity contribution in [2.75, 3.05) is 17.4 Å². The minimum Gasteiger partial charge on any atom is -0.452 e. The van der Waals surface area contributed by atoms with Crippen LogP contribution in [0.5, 0.6) is 0 Å². The van der Waals surface area contributed by atoms with Crippen LogP contribution in [0.1, 0.15) is 22.5 Å². The molecule has 2 aromatic heterocycles. The third-order valence-corrected chi connectivity index (χ3v) is 5.22. The van der Waals surface area contributed by atoms with Crippen molar-refractivity contribution < 1.29 is 19.1 Å². The normalized spacial score (nSPS) is 15.1. The molecular weight excluding hydrogens is 529 g/mol. The van der Waals surface area contributed by atoms with Crippen molar-refractivity contribution in [1.29, 1.82) is 0 Å². The van der Waals surface area contributed by atoms with Crippen LogP contribution in [-0.2, 0) is 9.53 Å². The number of methoxy groups -OCH3 is 1. The summed E-state index contributed by atoms with van der Waals surface area (Å²) in [5.41, 5.74) is 4.54. The molecular formula is C18H16BrCl2N7O4. The molecule has 0 radical (unpaired) electrons. The van der Waals surface area contributed by atoms with E-state index in [4.69, 9.17) is 23.2 Å². The number of anilines is 2. The molecule has 3 N–H and O–H groups in total.